The lowest BCUT2D eigenvalue weighted by atomic mass is 10.1. The van der Waals surface area contributed by atoms with E-state index in [0.717, 1.165) is 67.7 Å². The number of piperazine rings is 1. The van der Waals surface area contributed by atoms with E-state index in [1.165, 1.54) is 23.9 Å². The molecule has 198 valence electrons. The molecule has 2 aromatic rings. The Labute approximate surface area is 216 Å². The lowest BCUT2D eigenvalue weighted by molar-refractivity contribution is -0.137. The third kappa shape index (κ3) is 6.73. The van der Waals surface area contributed by atoms with Crippen LogP contribution in [-0.2, 0) is 6.18 Å². The summed E-state index contributed by atoms with van der Waals surface area (Å²) in [5, 5.41) is 3.45. The van der Waals surface area contributed by atoms with Crippen LogP contribution in [0.2, 0.25) is 0 Å². The number of alkyl halides is 3. The molecule has 1 fully saturated rings. The van der Waals surface area contributed by atoms with Crippen molar-refractivity contribution in [3.63, 3.8) is 0 Å². The number of fused-ring (bicyclic) bond motifs is 2. The van der Waals surface area contributed by atoms with Crippen LogP contribution in [0.3, 0.4) is 0 Å². The minimum atomic E-state index is -4.36. The molecule has 0 aliphatic carbocycles. The highest BCUT2D eigenvalue weighted by Gasteiger charge is 2.33. The monoisotopic (exact) mass is 522 g/mol. The smallest absolute Gasteiger partial charge is 0.340 e. The second kappa shape index (κ2) is 12.1. The number of rotatable bonds is 10. The van der Waals surface area contributed by atoms with Crippen LogP contribution < -0.4 is 21.7 Å². The van der Waals surface area contributed by atoms with Crippen LogP contribution in [0.15, 0.2) is 52.3 Å². The zero-order chi connectivity index (χ0) is 25.7. The summed E-state index contributed by atoms with van der Waals surface area (Å²) in [6, 6.07) is 12.2. The summed E-state index contributed by atoms with van der Waals surface area (Å²) in [5.41, 5.74) is 12.6. The van der Waals surface area contributed by atoms with Crippen molar-refractivity contribution in [1.29, 1.82) is 0 Å². The normalized spacial score (nSPS) is 18.6. The first-order valence-electron chi connectivity index (χ1n) is 12.7. The highest BCUT2D eigenvalue weighted by molar-refractivity contribution is 7.99. The van der Waals surface area contributed by atoms with E-state index in [2.05, 4.69) is 26.9 Å². The van der Waals surface area contributed by atoms with Crippen molar-refractivity contribution in [2.75, 3.05) is 63.8 Å². The molecule has 10 heteroatoms. The van der Waals surface area contributed by atoms with Gasteiger partial charge in [-0.05, 0) is 50.2 Å². The Morgan fingerprint density at radius 1 is 0.944 bits per heavy atom. The van der Waals surface area contributed by atoms with Gasteiger partial charge in [-0.3, -0.25) is 4.90 Å². The Bertz CT molecular complexity index is 996. The average molecular weight is 523 g/mol. The molecule has 0 aromatic heterocycles. The highest BCUT2D eigenvalue weighted by atomic mass is 32.2. The van der Waals surface area contributed by atoms with Crippen molar-refractivity contribution in [2.45, 2.75) is 41.4 Å². The summed E-state index contributed by atoms with van der Waals surface area (Å²) < 4.78 is 40.3. The van der Waals surface area contributed by atoms with Gasteiger partial charge in [-0.2, -0.15) is 13.2 Å². The summed E-state index contributed by atoms with van der Waals surface area (Å²) in [5.74, 6) is 0. The van der Waals surface area contributed by atoms with Gasteiger partial charge in [0.25, 0.3) is 0 Å². The van der Waals surface area contributed by atoms with Crippen LogP contribution in [0.5, 0.6) is 0 Å². The summed E-state index contributed by atoms with van der Waals surface area (Å²) in [4.78, 5) is 8.91. The average Bonchev–Trinajstić information content (AvgIpc) is 2.87. The highest BCUT2D eigenvalue weighted by Crippen LogP contribution is 2.49. The number of nitrogens with zero attached hydrogens (tertiary/aromatic N) is 3. The molecule has 0 bridgehead atoms. The van der Waals surface area contributed by atoms with Gasteiger partial charge < -0.3 is 26.6 Å². The predicted molar refractivity (Wildman–Crippen MR) is 141 cm³/mol. The number of benzene rings is 2. The molecule has 4 rings (SSSR count). The van der Waals surface area contributed by atoms with Crippen molar-refractivity contribution in [2.24, 2.45) is 11.5 Å². The second-order valence-electron chi connectivity index (χ2n) is 9.58. The van der Waals surface area contributed by atoms with Crippen LogP contribution in [0.25, 0.3) is 0 Å². The minimum absolute atomic E-state index is 0.0284. The molecule has 2 aliphatic rings. The molecule has 5 N–H and O–H groups in total. The van der Waals surface area contributed by atoms with E-state index in [0.29, 0.717) is 18.8 Å². The molecule has 2 aliphatic heterocycles. The Balaban J connectivity index is 1.30. The molecule has 2 heterocycles. The number of hydrogen-bond acceptors (Lipinski definition) is 7. The van der Waals surface area contributed by atoms with Gasteiger partial charge in [-0.15, -0.1) is 0 Å². The van der Waals surface area contributed by atoms with Gasteiger partial charge in [0.1, 0.15) is 0 Å². The molecule has 0 amide bonds. The van der Waals surface area contributed by atoms with Gasteiger partial charge in [-0.1, -0.05) is 23.9 Å². The lowest BCUT2D eigenvalue weighted by Crippen LogP contribution is -2.51. The number of nitrogens with one attached hydrogen (secondary N) is 1. The molecule has 6 nitrogen and oxygen atoms in total. The number of hydrogen-bond donors (Lipinski definition) is 3. The van der Waals surface area contributed by atoms with Gasteiger partial charge in [0.15, 0.2) is 0 Å². The summed E-state index contributed by atoms with van der Waals surface area (Å²) >= 11 is 1.53. The number of para-hydroxylation sites is 1. The fourth-order valence-electron chi connectivity index (χ4n) is 4.74. The van der Waals surface area contributed by atoms with E-state index in [-0.39, 0.29) is 12.1 Å². The van der Waals surface area contributed by atoms with E-state index >= 15 is 0 Å². The van der Waals surface area contributed by atoms with Gasteiger partial charge in [0, 0.05) is 74.2 Å². The largest absolute Gasteiger partial charge is 0.416 e. The fourth-order valence-corrected chi connectivity index (χ4v) is 5.82. The molecule has 0 radical (unpaired) electrons. The van der Waals surface area contributed by atoms with Gasteiger partial charge in [0.05, 0.1) is 16.9 Å². The van der Waals surface area contributed by atoms with Crippen molar-refractivity contribution < 1.29 is 13.2 Å². The first-order valence-corrected chi connectivity index (χ1v) is 13.5. The van der Waals surface area contributed by atoms with Crippen molar-refractivity contribution in [1.82, 2.24) is 15.1 Å². The predicted octanol–water partition coefficient (Wildman–Crippen LogP) is 3.58. The van der Waals surface area contributed by atoms with Crippen molar-refractivity contribution >= 4 is 23.1 Å². The van der Waals surface area contributed by atoms with E-state index in [1.54, 1.807) is 6.07 Å². The summed E-state index contributed by atoms with van der Waals surface area (Å²) in [6.45, 7) is 10.0. The van der Waals surface area contributed by atoms with Crippen LogP contribution in [0, 0.1) is 0 Å². The Kier molecular flexibility index (Phi) is 9.19. The Morgan fingerprint density at radius 2 is 1.61 bits per heavy atom. The third-order valence-corrected chi connectivity index (χ3v) is 8.21. The maximum absolute atomic E-state index is 13.4. The first kappa shape index (κ1) is 27.2. The van der Waals surface area contributed by atoms with Gasteiger partial charge in [-0.25, -0.2) is 0 Å². The quantitative estimate of drug-likeness (QED) is 0.441. The van der Waals surface area contributed by atoms with Crippen molar-refractivity contribution in [3.8, 4) is 0 Å². The molecule has 2 atom stereocenters. The Hall–Kier alpha value is -1.82. The molecule has 0 spiro atoms. The van der Waals surface area contributed by atoms with E-state index in [4.69, 9.17) is 11.5 Å². The standard InChI is InChI=1S/C26H37F3N6S/c1-19(21(31)18-30)32-9-12-34-15-13-33(14-16-34)10-4-11-35-22-5-2-3-6-24(22)36-25-8-7-20(17-23(25)35)26(27,28)29/h2-3,5-8,17,19,21,32H,4,9-16,18,30-31H2,1H3. The van der Waals surface area contributed by atoms with E-state index < -0.39 is 11.7 Å². The number of anilines is 2. The number of halogens is 3. The molecular formula is C26H37F3N6S. The van der Waals surface area contributed by atoms with Crippen molar-refractivity contribution in [3.05, 3.63) is 48.0 Å². The fraction of sp³-hybridized carbons (Fsp3) is 0.538. The van der Waals surface area contributed by atoms with Crippen LogP contribution in [0.4, 0.5) is 24.5 Å². The van der Waals surface area contributed by atoms with Crippen LogP contribution in [-0.4, -0.2) is 80.8 Å². The second-order valence-corrected chi connectivity index (χ2v) is 10.7. The maximum Gasteiger partial charge on any atom is 0.416 e. The van der Waals surface area contributed by atoms with Crippen LogP contribution in [0.1, 0.15) is 18.9 Å². The minimum Gasteiger partial charge on any atom is -0.340 e. The topological polar surface area (TPSA) is 73.8 Å². The van der Waals surface area contributed by atoms with Gasteiger partial charge in [0.2, 0.25) is 0 Å². The summed E-state index contributed by atoms with van der Waals surface area (Å²) in [6.07, 6.45) is -3.48. The molecule has 2 aromatic carbocycles. The molecule has 1 saturated heterocycles. The zero-order valence-corrected chi connectivity index (χ0v) is 21.6. The molecule has 2 unspecified atom stereocenters. The molecule has 36 heavy (non-hydrogen) atoms. The first-order chi connectivity index (χ1) is 17.3. The van der Waals surface area contributed by atoms with E-state index in [9.17, 15) is 13.2 Å². The molecule has 0 saturated carbocycles. The maximum atomic E-state index is 13.4. The Morgan fingerprint density at radius 3 is 2.31 bits per heavy atom. The van der Waals surface area contributed by atoms with Crippen LogP contribution >= 0.6 is 11.8 Å². The SMILES string of the molecule is CC(NCCN1CCN(CCCN2c3ccccc3Sc3ccc(C(F)(F)F)cc32)CC1)C(N)CN. The van der Waals surface area contributed by atoms with E-state index in [1.807, 2.05) is 24.3 Å². The zero-order valence-electron chi connectivity index (χ0n) is 20.8. The third-order valence-electron chi connectivity index (χ3n) is 7.08. The number of nitrogens with two attached hydrogens (primary N) is 2. The lowest BCUT2D eigenvalue weighted by Gasteiger charge is -2.36. The summed E-state index contributed by atoms with van der Waals surface area (Å²) in [7, 11) is 0. The van der Waals surface area contributed by atoms with Gasteiger partial charge >= 0.3 is 6.18 Å². The molecular weight excluding hydrogens is 485 g/mol.